The highest BCUT2D eigenvalue weighted by atomic mass is 35.5. The Bertz CT molecular complexity index is 328. The van der Waals surface area contributed by atoms with Gasteiger partial charge >= 0.3 is 5.97 Å². The molecule has 1 rings (SSSR count). The van der Waals surface area contributed by atoms with Gasteiger partial charge in [0.05, 0.1) is 0 Å². The number of hydrogen-bond donors (Lipinski definition) is 0. The van der Waals surface area contributed by atoms with Gasteiger partial charge in [-0.15, -0.1) is 0 Å². The SMILES string of the molecule is CC(=O)OC(CF)c1ccccc1Cl. The Morgan fingerprint density at radius 3 is 2.71 bits per heavy atom. The van der Waals surface area contributed by atoms with Crippen LogP contribution in [0.15, 0.2) is 24.3 Å². The summed E-state index contributed by atoms with van der Waals surface area (Å²) in [6.45, 7) is 0.461. The minimum absolute atomic E-state index is 0.399. The second-order valence-electron chi connectivity index (χ2n) is 2.77. The van der Waals surface area contributed by atoms with Crippen LogP contribution in [0.4, 0.5) is 4.39 Å². The molecule has 0 aliphatic rings. The van der Waals surface area contributed by atoms with Crippen molar-refractivity contribution in [1.29, 1.82) is 0 Å². The molecule has 1 aromatic rings. The summed E-state index contributed by atoms with van der Waals surface area (Å²) in [5.41, 5.74) is 0.492. The van der Waals surface area contributed by atoms with E-state index in [1.54, 1.807) is 24.3 Å². The largest absolute Gasteiger partial charge is 0.455 e. The van der Waals surface area contributed by atoms with Crippen molar-refractivity contribution in [3.63, 3.8) is 0 Å². The first-order chi connectivity index (χ1) is 6.65. The molecule has 0 N–H and O–H groups in total. The smallest absolute Gasteiger partial charge is 0.303 e. The molecule has 1 unspecified atom stereocenters. The average Bonchev–Trinajstić information content (AvgIpc) is 2.15. The molecule has 76 valence electrons. The van der Waals surface area contributed by atoms with Crippen LogP contribution < -0.4 is 0 Å². The zero-order chi connectivity index (χ0) is 10.6. The zero-order valence-corrected chi connectivity index (χ0v) is 8.42. The molecule has 2 nitrogen and oxygen atoms in total. The standard InChI is InChI=1S/C10H10ClFO2/c1-7(13)14-10(6-12)8-4-2-3-5-9(8)11/h2-5,10H,6H2,1H3. The van der Waals surface area contributed by atoms with E-state index >= 15 is 0 Å². The normalized spacial score (nSPS) is 12.2. The quantitative estimate of drug-likeness (QED) is 0.727. The van der Waals surface area contributed by atoms with E-state index in [1.807, 2.05) is 0 Å². The molecule has 0 saturated heterocycles. The molecule has 0 aromatic heterocycles. The summed E-state index contributed by atoms with van der Waals surface area (Å²) >= 11 is 5.82. The van der Waals surface area contributed by atoms with Gasteiger partial charge in [0.2, 0.25) is 0 Å². The molecule has 0 aliphatic carbocycles. The third kappa shape index (κ3) is 2.70. The van der Waals surface area contributed by atoms with Crippen LogP contribution in [0.1, 0.15) is 18.6 Å². The molecular weight excluding hydrogens is 207 g/mol. The van der Waals surface area contributed by atoms with Gasteiger partial charge < -0.3 is 4.74 Å². The van der Waals surface area contributed by atoms with E-state index < -0.39 is 18.7 Å². The maximum absolute atomic E-state index is 12.5. The van der Waals surface area contributed by atoms with E-state index in [0.717, 1.165) is 0 Å². The molecule has 0 fully saturated rings. The lowest BCUT2D eigenvalue weighted by molar-refractivity contribution is -0.147. The summed E-state index contributed by atoms with van der Waals surface area (Å²) in [7, 11) is 0. The molecule has 0 amide bonds. The topological polar surface area (TPSA) is 26.3 Å². The van der Waals surface area contributed by atoms with Crippen molar-refractivity contribution < 1.29 is 13.9 Å². The van der Waals surface area contributed by atoms with E-state index in [0.29, 0.717) is 10.6 Å². The first-order valence-electron chi connectivity index (χ1n) is 4.12. The van der Waals surface area contributed by atoms with Crippen molar-refractivity contribution in [3.05, 3.63) is 34.9 Å². The molecule has 14 heavy (non-hydrogen) atoms. The molecule has 0 radical (unpaired) electrons. The number of ether oxygens (including phenoxy) is 1. The minimum Gasteiger partial charge on any atom is -0.455 e. The number of hydrogen-bond acceptors (Lipinski definition) is 2. The second-order valence-corrected chi connectivity index (χ2v) is 3.18. The molecule has 0 spiro atoms. The van der Waals surface area contributed by atoms with Gasteiger partial charge in [-0.05, 0) is 6.07 Å². The van der Waals surface area contributed by atoms with Gasteiger partial charge in [-0.25, -0.2) is 4.39 Å². The summed E-state index contributed by atoms with van der Waals surface area (Å²) in [4.78, 5) is 10.7. The van der Waals surface area contributed by atoms with Crippen LogP contribution >= 0.6 is 11.6 Å². The fourth-order valence-corrected chi connectivity index (χ4v) is 1.37. The van der Waals surface area contributed by atoms with E-state index in [-0.39, 0.29) is 0 Å². The first-order valence-corrected chi connectivity index (χ1v) is 4.50. The molecule has 0 heterocycles. The Labute approximate surface area is 86.6 Å². The van der Waals surface area contributed by atoms with E-state index in [9.17, 15) is 9.18 Å². The summed E-state index contributed by atoms with van der Waals surface area (Å²) < 4.78 is 17.3. The molecule has 1 aromatic carbocycles. The first kappa shape index (κ1) is 11.0. The fourth-order valence-electron chi connectivity index (χ4n) is 1.11. The van der Waals surface area contributed by atoms with Crippen molar-refractivity contribution in [1.82, 2.24) is 0 Å². The molecule has 0 saturated carbocycles. The van der Waals surface area contributed by atoms with Crippen molar-refractivity contribution in [2.45, 2.75) is 13.0 Å². The van der Waals surface area contributed by atoms with Crippen molar-refractivity contribution in [2.75, 3.05) is 6.67 Å². The minimum atomic E-state index is -0.902. The van der Waals surface area contributed by atoms with Crippen LogP contribution in [0.3, 0.4) is 0 Å². The average molecular weight is 217 g/mol. The zero-order valence-electron chi connectivity index (χ0n) is 7.67. The number of alkyl halides is 1. The fraction of sp³-hybridized carbons (Fsp3) is 0.300. The van der Waals surface area contributed by atoms with Gasteiger partial charge in [0, 0.05) is 17.5 Å². The van der Waals surface area contributed by atoms with Gasteiger partial charge in [0.15, 0.2) is 6.10 Å². The highest BCUT2D eigenvalue weighted by Crippen LogP contribution is 2.25. The Morgan fingerprint density at radius 2 is 2.21 bits per heavy atom. The predicted molar refractivity (Wildman–Crippen MR) is 51.9 cm³/mol. The maximum Gasteiger partial charge on any atom is 0.303 e. The number of benzene rings is 1. The summed E-state index contributed by atoms with van der Waals surface area (Å²) in [5, 5.41) is 0.399. The Morgan fingerprint density at radius 1 is 1.57 bits per heavy atom. The molecule has 4 heteroatoms. The molecule has 0 aliphatic heterocycles. The van der Waals surface area contributed by atoms with Crippen LogP contribution in [-0.2, 0) is 9.53 Å². The lowest BCUT2D eigenvalue weighted by atomic mass is 10.1. The monoisotopic (exact) mass is 216 g/mol. The number of rotatable bonds is 3. The number of carbonyl (C=O) groups excluding carboxylic acids is 1. The van der Waals surface area contributed by atoms with Crippen LogP contribution in [0.5, 0.6) is 0 Å². The predicted octanol–water partition coefficient (Wildman–Crippen LogP) is 2.91. The number of carbonyl (C=O) groups is 1. The summed E-state index contributed by atoms with van der Waals surface area (Å²) in [6, 6.07) is 6.71. The Hall–Kier alpha value is -1.09. The van der Waals surface area contributed by atoms with Gasteiger partial charge in [0.1, 0.15) is 6.67 Å². The van der Waals surface area contributed by atoms with Crippen molar-refractivity contribution >= 4 is 17.6 Å². The molecule has 1 atom stereocenters. The summed E-state index contributed by atoms with van der Waals surface area (Å²) in [6.07, 6.45) is -0.902. The van der Waals surface area contributed by atoms with Crippen LogP contribution in [0.25, 0.3) is 0 Å². The van der Waals surface area contributed by atoms with Crippen molar-refractivity contribution in [3.8, 4) is 0 Å². The van der Waals surface area contributed by atoms with E-state index in [1.165, 1.54) is 6.92 Å². The van der Waals surface area contributed by atoms with Gasteiger partial charge in [-0.1, -0.05) is 29.8 Å². The highest BCUT2D eigenvalue weighted by molar-refractivity contribution is 6.31. The van der Waals surface area contributed by atoms with Crippen LogP contribution in [0, 0.1) is 0 Å². The maximum atomic E-state index is 12.5. The van der Waals surface area contributed by atoms with Crippen LogP contribution in [-0.4, -0.2) is 12.6 Å². The third-order valence-electron chi connectivity index (χ3n) is 1.70. The van der Waals surface area contributed by atoms with Gasteiger partial charge in [-0.2, -0.15) is 0 Å². The Balaban J connectivity index is 2.89. The van der Waals surface area contributed by atoms with Crippen molar-refractivity contribution in [2.24, 2.45) is 0 Å². The highest BCUT2D eigenvalue weighted by Gasteiger charge is 2.16. The van der Waals surface area contributed by atoms with Crippen LogP contribution in [0.2, 0.25) is 5.02 Å². The Kier molecular flexibility index (Phi) is 3.89. The van der Waals surface area contributed by atoms with E-state index in [4.69, 9.17) is 16.3 Å². The second kappa shape index (κ2) is 4.96. The van der Waals surface area contributed by atoms with Gasteiger partial charge in [-0.3, -0.25) is 4.79 Å². The molecule has 0 bridgehead atoms. The molecular formula is C10H10ClFO2. The third-order valence-corrected chi connectivity index (χ3v) is 2.04. The lowest BCUT2D eigenvalue weighted by Crippen LogP contribution is -2.10. The summed E-state index contributed by atoms with van der Waals surface area (Å²) in [5.74, 6) is -0.521. The lowest BCUT2D eigenvalue weighted by Gasteiger charge is -2.14. The number of halogens is 2. The van der Waals surface area contributed by atoms with Gasteiger partial charge in [0.25, 0.3) is 0 Å². The number of esters is 1. The van der Waals surface area contributed by atoms with E-state index in [2.05, 4.69) is 0 Å².